The Labute approximate surface area is 429 Å². The minimum Gasteiger partial charge on any atom is -0.456 e. The second-order valence-corrected chi connectivity index (χ2v) is 21.5. The molecule has 11 aromatic carbocycles. The predicted molar refractivity (Wildman–Crippen MR) is 312 cm³/mol. The van der Waals surface area contributed by atoms with E-state index in [1.165, 1.54) is 38.9 Å². The molecule has 0 bridgehead atoms. The lowest BCUT2D eigenvalue weighted by atomic mass is 9.86. The number of rotatable bonds is 9. The van der Waals surface area contributed by atoms with Crippen LogP contribution in [0.5, 0.6) is 0 Å². The van der Waals surface area contributed by atoms with Crippen LogP contribution >= 0.6 is 0 Å². The normalized spacial score (nSPS) is 12.0. The Bertz CT molecular complexity index is 3970. The quantitative estimate of drug-likeness (QED) is 0.144. The maximum atomic E-state index is 6.87. The molecule has 0 saturated heterocycles. The lowest BCUT2D eigenvalue weighted by Gasteiger charge is -2.29. The fourth-order valence-corrected chi connectivity index (χ4v) is 10.5. The first-order valence-corrected chi connectivity index (χ1v) is 25.5. The van der Waals surface area contributed by atoms with Crippen molar-refractivity contribution < 1.29 is 4.42 Å². The summed E-state index contributed by atoms with van der Waals surface area (Å²) in [6.45, 7) is 13.6. The fourth-order valence-electron chi connectivity index (χ4n) is 10.5. The van der Waals surface area contributed by atoms with Crippen LogP contribution in [0.3, 0.4) is 0 Å². The summed E-state index contributed by atoms with van der Waals surface area (Å²) in [5, 5.41) is 6.75. The van der Waals surface area contributed by atoms with Crippen LogP contribution < -0.4 is 9.80 Å². The minimum atomic E-state index is 0.0632. The Morgan fingerprint density at radius 3 is 1.19 bits per heavy atom. The standard InChI is InChI=1S/C70H58N2O/c1-69(2,3)55-34-28-48(29-35-55)61-24-13-15-26-65(61)71(57-21-11-8-12-22-57)59-38-32-51-43-63-64-44-52-33-39-60(42-54(52)46-68(64)73-67(63)45-53(51)41-59)72(58-23-17-20-50(40-58)47-18-9-7-10-19-47)66-27-16-14-25-62(66)49-30-36-56(37-31-49)70(4,5)6/h7-46H,1-6H3. The lowest BCUT2D eigenvalue weighted by molar-refractivity contribution is 0.590. The van der Waals surface area contributed by atoms with Crippen LogP contribution in [0.15, 0.2) is 247 Å². The van der Waals surface area contributed by atoms with Crippen molar-refractivity contribution in [2.45, 2.75) is 52.4 Å². The van der Waals surface area contributed by atoms with Gasteiger partial charge in [0.15, 0.2) is 0 Å². The van der Waals surface area contributed by atoms with Crippen LogP contribution in [-0.4, -0.2) is 0 Å². The van der Waals surface area contributed by atoms with E-state index >= 15 is 0 Å². The number of benzene rings is 11. The number of nitrogens with zero attached hydrogens (tertiary/aromatic N) is 2. The van der Waals surface area contributed by atoms with Gasteiger partial charge in [-0.15, -0.1) is 0 Å². The van der Waals surface area contributed by atoms with Crippen molar-refractivity contribution in [3.8, 4) is 33.4 Å². The van der Waals surface area contributed by atoms with E-state index in [2.05, 4.69) is 294 Å². The molecule has 0 aliphatic rings. The average molecular weight is 943 g/mol. The van der Waals surface area contributed by atoms with Gasteiger partial charge in [-0.25, -0.2) is 0 Å². The molecule has 0 saturated carbocycles. The number of fused-ring (bicyclic) bond motifs is 5. The summed E-state index contributed by atoms with van der Waals surface area (Å²) in [4.78, 5) is 4.79. The van der Waals surface area contributed by atoms with E-state index in [1.807, 2.05) is 0 Å². The summed E-state index contributed by atoms with van der Waals surface area (Å²) in [6.07, 6.45) is 0. The van der Waals surface area contributed by atoms with E-state index < -0.39 is 0 Å². The summed E-state index contributed by atoms with van der Waals surface area (Å²) >= 11 is 0. The first-order chi connectivity index (χ1) is 35.4. The maximum absolute atomic E-state index is 6.87. The van der Waals surface area contributed by atoms with Crippen molar-refractivity contribution in [3.05, 3.63) is 254 Å². The van der Waals surface area contributed by atoms with Gasteiger partial charge >= 0.3 is 0 Å². The van der Waals surface area contributed by atoms with Crippen molar-refractivity contribution in [1.29, 1.82) is 0 Å². The first kappa shape index (κ1) is 45.5. The van der Waals surface area contributed by atoms with Gasteiger partial charge in [0.1, 0.15) is 11.2 Å². The highest BCUT2D eigenvalue weighted by atomic mass is 16.3. The largest absolute Gasteiger partial charge is 0.456 e. The van der Waals surface area contributed by atoms with Crippen molar-refractivity contribution in [2.24, 2.45) is 0 Å². The van der Waals surface area contributed by atoms with E-state index in [0.29, 0.717) is 0 Å². The van der Waals surface area contributed by atoms with E-state index in [1.54, 1.807) is 0 Å². The van der Waals surface area contributed by atoms with Gasteiger partial charge < -0.3 is 14.2 Å². The van der Waals surface area contributed by atoms with Gasteiger partial charge in [-0.05, 0) is 151 Å². The highest BCUT2D eigenvalue weighted by Crippen LogP contribution is 2.46. The zero-order valence-corrected chi connectivity index (χ0v) is 42.4. The summed E-state index contributed by atoms with van der Waals surface area (Å²) in [7, 11) is 0. The monoisotopic (exact) mass is 942 g/mol. The van der Waals surface area contributed by atoms with Crippen LogP contribution in [0.1, 0.15) is 52.7 Å². The van der Waals surface area contributed by atoms with Gasteiger partial charge in [-0.2, -0.15) is 0 Å². The second kappa shape index (κ2) is 18.2. The maximum Gasteiger partial charge on any atom is 0.136 e. The Balaban J connectivity index is 0.959. The molecular weight excluding hydrogens is 885 g/mol. The second-order valence-electron chi connectivity index (χ2n) is 21.5. The molecule has 0 N–H and O–H groups in total. The van der Waals surface area contributed by atoms with Gasteiger partial charge in [0.05, 0.1) is 11.4 Å². The molecule has 354 valence electrons. The molecule has 0 spiro atoms. The molecule has 1 aromatic heterocycles. The highest BCUT2D eigenvalue weighted by Gasteiger charge is 2.22. The van der Waals surface area contributed by atoms with Crippen molar-refractivity contribution in [1.82, 2.24) is 0 Å². The van der Waals surface area contributed by atoms with Gasteiger partial charge in [0, 0.05) is 44.6 Å². The molecule has 0 aliphatic heterocycles. The highest BCUT2D eigenvalue weighted by molar-refractivity contribution is 6.14. The van der Waals surface area contributed by atoms with Crippen LogP contribution in [-0.2, 0) is 10.8 Å². The van der Waals surface area contributed by atoms with Crippen molar-refractivity contribution in [2.75, 3.05) is 9.80 Å². The third-order valence-corrected chi connectivity index (χ3v) is 14.5. The third kappa shape index (κ3) is 8.72. The average Bonchev–Trinajstić information content (AvgIpc) is 3.76. The number of para-hydroxylation sites is 3. The summed E-state index contributed by atoms with van der Waals surface area (Å²) in [5.41, 5.74) is 18.1. The molecule has 0 atom stereocenters. The zero-order valence-electron chi connectivity index (χ0n) is 42.4. The predicted octanol–water partition coefficient (Wildman–Crippen LogP) is 20.4. The van der Waals surface area contributed by atoms with Gasteiger partial charge in [-0.1, -0.05) is 199 Å². The SMILES string of the molecule is CC(C)(C)c1ccc(-c2ccccc2N(c2ccccc2)c2ccc3cc4c(cc3c2)oc2cc3cc(N(c5cccc(-c6ccccc6)c5)c5ccccc5-c5ccc(C(C)(C)C)cc5)ccc3cc24)cc1. The van der Waals surface area contributed by atoms with Crippen LogP contribution in [0, 0.1) is 0 Å². The van der Waals surface area contributed by atoms with Gasteiger partial charge in [-0.3, -0.25) is 0 Å². The van der Waals surface area contributed by atoms with Crippen LogP contribution in [0.25, 0.3) is 76.9 Å². The van der Waals surface area contributed by atoms with E-state index in [-0.39, 0.29) is 10.8 Å². The molecule has 3 nitrogen and oxygen atoms in total. The Hall–Kier alpha value is -8.66. The first-order valence-electron chi connectivity index (χ1n) is 25.5. The summed E-state index contributed by atoms with van der Waals surface area (Å²) < 4.78 is 6.87. The molecule has 73 heavy (non-hydrogen) atoms. The molecule has 0 aliphatic carbocycles. The number of hydrogen-bond acceptors (Lipinski definition) is 3. The Kier molecular flexibility index (Phi) is 11.3. The summed E-state index contributed by atoms with van der Waals surface area (Å²) in [6, 6.07) is 88.6. The molecule has 12 aromatic rings. The molecule has 0 amide bonds. The molecule has 12 rings (SSSR count). The lowest BCUT2D eigenvalue weighted by Crippen LogP contribution is -2.12. The van der Waals surface area contributed by atoms with Crippen molar-refractivity contribution >= 4 is 77.6 Å². The molecule has 0 unspecified atom stereocenters. The van der Waals surface area contributed by atoms with Gasteiger partial charge in [0.2, 0.25) is 0 Å². The van der Waals surface area contributed by atoms with Crippen molar-refractivity contribution in [3.63, 3.8) is 0 Å². The number of anilines is 6. The molecule has 1 heterocycles. The van der Waals surface area contributed by atoms with E-state index in [0.717, 1.165) is 83.2 Å². The van der Waals surface area contributed by atoms with Crippen LogP contribution in [0.2, 0.25) is 0 Å². The molecule has 3 heteroatoms. The minimum absolute atomic E-state index is 0.0632. The molecule has 0 fully saturated rings. The summed E-state index contributed by atoms with van der Waals surface area (Å²) in [5.74, 6) is 0. The van der Waals surface area contributed by atoms with E-state index in [4.69, 9.17) is 4.42 Å². The third-order valence-electron chi connectivity index (χ3n) is 14.5. The van der Waals surface area contributed by atoms with Crippen LogP contribution in [0.4, 0.5) is 34.1 Å². The number of hydrogen-bond donors (Lipinski definition) is 0. The molecular formula is C70H58N2O. The van der Waals surface area contributed by atoms with Gasteiger partial charge in [0.25, 0.3) is 0 Å². The Morgan fingerprint density at radius 2 is 0.699 bits per heavy atom. The number of furan rings is 1. The smallest absolute Gasteiger partial charge is 0.136 e. The fraction of sp³-hybridized carbons (Fsp3) is 0.114. The van der Waals surface area contributed by atoms with E-state index in [9.17, 15) is 0 Å². The topological polar surface area (TPSA) is 19.6 Å². The zero-order chi connectivity index (χ0) is 49.8. The Morgan fingerprint density at radius 1 is 0.288 bits per heavy atom. The molecule has 0 radical (unpaired) electrons.